The molecule has 0 bridgehead atoms. The van der Waals surface area contributed by atoms with Gasteiger partial charge in [0.1, 0.15) is 12.7 Å². The van der Waals surface area contributed by atoms with Crippen molar-refractivity contribution in [1.29, 1.82) is 0 Å². The third-order valence-corrected chi connectivity index (χ3v) is 2.44. The highest BCUT2D eigenvalue weighted by Crippen LogP contribution is 2.23. The van der Waals surface area contributed by atoms with Crippen molar-refractivity contribution in [3.05, 3.63) is 17.8 Å². The first-order valence-electron chi connectivity index (χ1n) is 5.63. The van der Waals surface area contributed by atoms with E-state index in [0.29, 0.717) is 24.8 Å². The topological polar surface area (TPSA) is 66.6 Å². The van der Waals surface area contributed by atoms with Gasteiger partial charge in [-0.1, -0.05) is 0 Å². The molecular weight excluding hydrogens is 220 g/mol. The Balaban J connectivity index is 1.90. The number of pyridine rings is 1. The Bertz CT molecular complexity index is 386. The van der Waals surface area contributed by atoms with Crippen molar-refractivity contribution in [3.63, 3.8) is 0 Å². The molecule has 0 aliphatic carbocycles. The molecule has 0 radical (unpaired) electrons. The Morgan fingerprint density at radius 3 is 2.88 bits per heavy atom. The Hall–Kier alpha value is -1.33. The van der Waals surface area contributed by atoms with Crippen molar-refractivity contribution in [2.45, 2.75) is 32.7 Å². The molecular formula is C12H18N2O3. The summed E-state index contributed by atoms with van der Waals surface area (Å²) in [5, 5.41) is 0. The summed E-state index contributed by atoms with van der Waals surface area (Å²) in [6.45, 7) is 6.60. The second-order valence-corrected chi connectivity index (χ2v) is 4.64. The lowest BCUT2D eigenvalue weighted by Gasteiger charge is -2.17. The van der Waals surface area contributed by atoms with Crippen molar-refractivity contribution in [2.24, 2.45) is 0 Å². The van der Waals surface area contributed by atoms with E-state index in [1.54, 1.807) is 12.1 Å². The molecule has 94 valence electrons. The summed E-state index contributed by atoms with van der Waals surface area (Å²) in [6, 6.07) is 3.50. The summed E-state index contributed by atoms with van der Waals surface area (Å²) in [5.74, 6) is 0.00315. The van der Waals surface area contributed by atoms with Gasteiger partial charge in [-0.25, -0.2) is 4.98 Å². The lowest BCUT2D eigenvalue weighted by atomic mass is 10.3. The fraction of sp³-hybridized carbons (Fsp3) is 0.583. The van der Waals surface area contributed by atoms with E-state index in [4.69, 9.17) is 19.9 Å². The van der Waals surface area contributed by atoms with Crippen LogP contribution < -0.4 is 10.5 Å². The number of hydrogen-bond acceptors (Lipinski definition) is 5. The van der Waals surface area contributed by atoms with Crippen LogP contribution >= 0.6 is 0 Å². The van der Waals surface area contributed by atoms with Crippen molar-refractivity contribution in [1.82, 2.24) is 4.98 Å². The molecule has 2 heterocycles. The van der Waals surface area contributed by atoms with Crippen molar-refractivity contribution in [2.75, 3.05) is 18.9 Å². The van der Waals surface area contributed by atoms with Crippen LogP contribution in [0.4, 0.5) is 5.69 Å². The van der Waals surface area contributed by atoms with E-state index >= 15 is 0 Å². The minimum Gasteiger partial charge on any atom is -0.475 e. The monoisotopic (exact) mass is 238 g/mol. The standard InChI is InChI=1S/C12H18N2O3/c1-8-4-9(13)5-11(14-8)15-6-10-7-16-12(2,3)17-10/h4-5,10H,6-7H2,1-3H3,(H2,13,14)/t10-/m1/s1. The van der Waals surface area contributed by atoms with Gasteiger partial charge < -0.3 is 19.9 Å². The van der Waals surface area contributed by atoms with Crippen LogP contribution in [0.5, 0.6) is 5.88 Å². The van der Waals surface area contributed by atoms with E-state index in [1.165, 1.54) is 0 Å². The Labute approximate surface area is 101 Å². The lowest BCUT2D eigenvalue weighted by Crippen LogP contribution is -2.25. The fourth-order valence-electron chi connectivity index (χ4n) is 1.76. The zero-order valence-electron chi connectivity index (χ0n) is 10.4. The summed E-state index contributed by atoms with van der Waals surface area (Å²) < 4.78 is 16.6. The third-order valence-electron chi connectivity index (χ3n) is 2.44. The van der Waals surface area contributed by atoms with E-state index in [9.17, 15) is 0 Å². The number of aromatic nitrogens is 1. The third kappa shape index (κ3) is 3.31. The van der Waals surface area contributed by atoms with E-state index in [2.05, 4.69) is 4.98 Å². The van der Waals surface area contributed by atoms with Crippen molar-refractivity contribution >= 4 is 5.69 Å². The predicted octanol–water partition coefficient (Wildman–Crippen LogP) is 1.50. The zero-order chi connectivity index (χ0) is 12.5. The number of rotatable bonds is 3. The van der Waals surface area contributed by atoms with Gasteiger partial charge >= 0.3 is 0 Å². The van der Waals surface area contributed by atoms with Crippen molar-refractivity contribution < 1.29 is 14.2 Å². The van der Waals surface area contributed by atoms with Gasteiger partial charge in [0.25, 0.3) is 0 Å². The molecule has 1 aromatic heterocycles. The van der Waals surface area contributed by atoms with Crippen LogP contribution in [0.25, 0.3) is 0 Å². The lowest BCUT2D eigenvalue weighted by molar-refractivity contribution is -0.141. The smallest absolute Gasteiger partial charge is 0.215 e. The Kier molecular flexibility index (Phi) is 3.22. The quantitative estimate of drug-likeness (QED) is 0.864. The summed E-state index contributed by atoms with van der Waals surface area (Å²) in [7, 11) is 0. The van der Waals surface area contributed by atoms with Crippen LogP contribution in [0.2, 0.25) is 0 Å². The Morgan fingerprint density at radius 1 is 1.53 bits per heavy atom. The van der Waals surface area contributed by atoms with Crippen LogP contribution in [-0.4, -0.2) is 30.1 Å². The molecule has 0 aromatic carbocycles. The second kappa shape index (κ2) is 4.50. The number of anilines is 1. The molecule has 5 heteroatoms. The van der Waals surface area contributed by atoms with Gasteiger partial charge in [0, 0.05) is 17.4 Å². The number of nitrogens with zero attached hydrogens (tertiary/aromatic N) is 1. The number of aryl methyl sites for hydroxylation is 1. The molecule has 1 saturated heterocycles. The van der Waals surface area contributed by atoms with Crippen LogP contribution in [0.3, 0.4) is 0 Å². The molecule has 1 atom stereocenters. The fourth-order valence-corrected chi connectivity index (χ4v) is 1.76. The number of nitrogens with two attached hydrogens (primary N) is 1. The van der Waals surface area contributed by atoms with E-state index in [1.807, 2.05) is 20.8 Å². The SMILES string of the molecule is Cc1cc(N)cc(OC[C@@H]2COC(C)(C)O2)n1. The molecule has 0 saturated carbocycles. The summed E-state index contributed by atoms with van der Waals surface area (Å²) >= 11 is 0. The normalized spacial score (nSPS) is 22.6. The first-order valence-corrected chi connectivity index (χ1v) is 5.63. The van der Waals surface area contributed by atoms with Gasteiger partial charge in [-0.2, -0.15) is 0 Å². The predicted molar refractivity (Wildman–Crippen MR) is 63.8 cm³/mol. The number of hydrogen-bond donors (Lipinski definition) is 1. The Morgan fingerprint density at radius 2 is 2.29 bits per heavy atom. The summed E-state index contributed by atoms with van der Waals surface area (Å²) in [6.07, 6.45) is -0.0615. The second-order valence-electron chi connectivity index (χ2n) is 4.64. The number of ether oxygens (including phenoxy) is 3. The molecule has 1 aromatic rings. The van der Waals surface area contributed by atoms with Gasteiger partial charge in [0.2, 0.25) is 5.88 Å². The molecule has 0 spiro atoms. The molecule has 2 N–H and O–H groups in total. The molecule has 17 heavy (non-hydrogen) atoms. The maximum Gasteiger partial charge on any atom is 0.215 e. The highest BCUT2D eigenvalue weighted by molar-refractivity contribution is 5.42. The van der Waals surface area contributed by atoms with Crippen LogP contribution in [0, 0.1) is 6.92 Å². The minimum atomic E-state index is -0.521. The van der Waals surface area contributed by atoms with Gasteiger partial charge in [-0.05, 0) is 26.8 Å². The highest BCUT2D eigenvalue weighted by atomic mass is 16.7. The van der Waals surface area contributed by atoms with Gasteiger partial charge in [0.15, 0.2) is 5.79 Å². The number of nitrogen functional groups attached to an aromatic ring is 1. The molecule has 2 rings (SSSR count). The van der Waals surface area contributed by atoms with Crippen molar-refractivity contribution in [3.8, 4) is 5.88 Å². The zero-order valence-corrected chi connectivity index (χ0v) is 10.4. The minimum absolute atomic E-state index is 0.0615. The van der Waals surface area contributed by atoms with Gasteiger partial charge in [-0.15, -0.1) is 0 Å². The maximum absolute atomic E-state index is 5.71. The first-order chi connectivity index (χ1) is 7.94. The van der Waals surface area contributed by atoms with Crippen LogP contribution in [-0.2, 0) is 9.47 Å². The van der Waals surface area contributed by atoms with E-state index < -0.39 is 5.79 Å². The van der Waals surface area contributed by atoms with Gasteiger partial charge in [-0.3, -0.25) is 0 Å². The highest BCUT2D eigenvalue weighted by Gasteiger charge is 2.33. The van der Waals surface area contributed by atoms with E-state index in [-0.39, 0.29) is 6.10 Å². The van der Waals surface area contributed by atoms with Crippen LogP contribution in [0.15, 0.2) is 12.1 Å². The van der Waals surface area contributed by atoms with Gasteiger partial charge in [0.05, 0.1) is 6.61 Å². The summed E-state index contributed by atoms with van der Waals surface area (Å²) in [4.78, 5) is 4.23. The average molecular weight is 238 g/mol. The molecule has 0 amide bonds. The maximum atomic E-state index is 5.71. The molecule has 0 unspecified atom stereocenters. The first kappa shape index (κ1) is 12.1. The average Bonchev–Trinajstić information content (AvgIpc) is 2.54. The largest absolute Gasteiger partial charge is 0.475 e. The summed E-state index contributed by atoms with van der Waals surface area (Å²) in [5.41, 5.74) is 7.20. The molecule has 1 aliphatic rings. The van der Waals surface area contributed by atoms with Crippen LogP contribution in [0.1, 0.15) is 19.5 Å². The molecule has 1 aliphatic heterocycles. The molecule has 1 fully saturated rings. The van der Waals surface area contributed by atoms with E-state index in [0.717, 1.165) is 5.69 Å². The molecule has 5 nitrogen and oxygen atoms in total.